The highest BCUT2D eigenvalue weighted by Crippen LogP contribution is 2.52. The van der Waals surface area contributed by atoms with Crippen LogP contribution in [0.2, 0.25) is 0 Å². The van der Waals surface area contributed by atoms with Gasteiger partial charge in [0.05, 0.1) is 7.65 Å². The predicted octanol–water partition coefficient (Wildman–Crippen LogP) is 7.45. The van der Waals surface area contributed by atoms with Gasteiger partial charge >= 0.3 is 0 Å². The van der Waals surface area contributed by atoms with Crippen LogP contribution in [-0.2, 0) is 12.8 Å². The van der Waals surface area contributed by atoms with Gasteiger partial charge in [0.1, 0.15) is 11.5 Å². The van der Waals surface area contributed by atoms with Crippen LogP contribution >= 0.6 is 46.1 Å². The van der Waals surface area contributed by atoms with Crippen molar-refractivity contribution in [2.45, 2.75) is 79.1 Å². The molecule has 2 aromatic rings. The van der Waals surface area contributed by atoms with Crippen molar-refractivity contribution in [3.8, 4) is 11.5 Å². The Bertz CT molecular complexity index is 872. The number of nitrogens with zero attached hydrogens (tertiary/aromatic N) is 1. The summed E-state index contributed by atoms with van der Waals surface area (Å²) < 4.78 is 0.737. The maximum absolute atomic E-state index is 10.9. The Kier molecular flexibility index (Phi) is 9.91. The number of aryl methyl sites for hydroxylation is 2. The molecular weight excluding hydrogens is 553 g/mol. The van der Waals surface area contributed by atoms with Gasteiger partial charge in [0.2, 0.25) is 0 Å². The maximum atomic E-state index is 10.9. The molecule has 4 nitrogen and oxygen atoms in total. The molecular formula is C25H34INO3S2. The van der Waals surface area contributed by atoms with E-state index in [2.05, 4.69) is 48.6 Å². The molecule has 1 fully saturated rings. The van der Waals surface area contributed by atoms with E-state index < -0.39 is 0 Å². The van der Waals surface area contributed by atoms with Gasteiger partial charge < -0.3 is 15.4 Å². The van der Waals surface area contributed by atoms with Crippen LogP contribution in [0.4, 0.5) is 0 Å². The van der Waals surface area contributed by atoms with E-state index in [9.17, 15) is 15.4 Å². The van der Waals surface area contributed by atoms with Gasteiger partial charge in [-0.15, -0.1) is 23.5 Å². The minimum absolute atomic E-state index is 0.111. The van der Waals surface area contributed by atoms with Crippen LogP contribution in [0.3, 0.4) is 0 Å². The van der Waals surface area contributed by atoms with Crippen molar-refractivity contribution in [3.05, 3.63) is 45.0 Å². The van der Waals surface area contributed by atoms with Gasteiger partial charge in [-0.3, -0.25) is 0 Å². The monoisotopic (exact) mass is 587 g/mol. The fourth-order valence-corrected chi connectivity index (χ4v) is 7.76. The van der Waals surface area contributed by atoms with Crippen LogP contribution in [0.5, 0.6) is 11.5 Å². The average molecular weight is 588 g/mol. The number of thioether (sulfide) groups is 2. The topological polar surface area (TPSA) is 63.9 Å². The lowest BCUT2D eigenvalue weighted by Crippen LogP contribution is -2.38. The zero-order valence-corrected chi connectivity index (χ0v) is 22.7. The van der Waals surface area contributed by atoms with E-state index in [-0.39, 0.29) is 4.08 Å². The smallest absolute Gasteiger partial charge is 0.128 e. The number of unbranched alkanes of at least 4 members (excludes halogenated alkanes) is 2. The summed E-state index contributed by atoms with van der Waals surface area (Å²) in [4.78, 5) is 2.33. The molecule has 176 valence electrons. The molecule has 0 aliphatic carbocycles. The van der Waals surface area contributed by atoms with Crippen LogP contribution < -0.4 is 0 Å². The Morgan fingerprint density at radius 1 is 0.906 bits per heavy atom. The highest BCUT2D eigenvalue weighted by atomic mass is 127. The molecule has 0 spiro atoms. The first-order chi connectivity index (χ1) is 15.4. The molecule has 2 aromatic carbocycles. The lowest BCUT2D eigenvalue weighted by molar-refractivity contribution is -0.104. The summed E-state index contributed by atoms with van der Waals surface area (Å²) in [5.74, 6) is 0.790. The highest BCUT2D eigenvalue weighted by molar-refractivity contribution is 14.1. The molecule has 1 saturated heterocycles. The summed E-state index contributed by atoms with van der Waals surface area (Å²) in [6.45, 7) is 5.64. The van der Waals surface area contributed by atoms with Crippen LogP contribution in [-0.4, -0.2) is 37.7 Å². The first kappa shape index (κ1) is 26.0. The van der Waals surface area contributed by atoms with Crippen LogP contribution in [0.1, 0.15) is 63.5 Å². The largest absolute Gasteiger partial charge is 0.507 e. The molecule has 0 saturated carbocycles. The zero-order chi connectivity index (χ0) is 23.1. The third kappa shape index (κ3) is 6.95. The summed E-state index contributed by atoms with van der Waals surface area (Å²) in [5, 5.41) is 32.2. The number of hydrogen-bond acceptors (Lipinski definition) is 6. The summed E-state index contributed by atoms with van der Waals surface area (Å²) >= 11 is 5.87. The first-order valence-electron chi connectivity index (χ1n) is 11.5. The number of hydroxylamine groups is 2. The standard InChI is InChI=1S/C25H34INO3S2/c1-3-5-7-18-15-21(16-19(24(18)29)8-6-4-2)32-25(11-13-27(30)14-12-25)31-20-9-10-23(28)22(26)17-20/h9-10,15-17,28-30H,3-8,11-14H2,1-2H3. The van der Waals surface area contributed by atoms with Crippen LogP contribution in [0.15, 0.2) is 40.1 Å². The lowest BCUT2D eigenvalue weighted by Gasteiger charge is -2.39. The number of piperidine rings is 1. The van der Waals surface area contributed by atoms with E-state index in [0.29, 0.717) is 24.6 Å². The highest BCUT2D eigenvalue weighted by Gasteiger charge is 2.37. The van der Waals surface area contributed by atoms with Gasteiger partial charge in [-0.25, -0.2) is 0 Å². The average Bonchev–Trinajstić information content (AvgIpc) is 2.77. The Morgan fingerprint density at radius 3 is 2.00 bits per heavy atom. The van der Waals surface area contributed by atoms with Gasteiger partial charge in [-0.1, -0.05) is 26.7 Å². The van der Waals surface area contributed by atoms with E-state index in [1.165, 1.54) is 9.96 Å². The normalized spacial score (nSPS) is 16.4. The fraction of sp³-hybridized carbons (Fsp3) is 0.520. The minimum atomic E-state index is -0.111. The molecule has 0 bridgehead atoms. The summed E-state index contributed by atoms with van der Waals surface area (Å²) in [6.07, 6.45) is 7.85. The van der Waals surface area contributed by atoms with Gasteiger partial charge in [0.15, 0.2) is 0 Å². The number of phenolic OH excluding ortho intramolecular Hbond substituents is 2. The van der Waals surface area contributed by atoms with E-state index in [0.717, 1.165) is 71.0 Å². The second-order valence-corrected chi connectivity index (χ2v) is 12.8. The van der Waals surface area contributed by atoms with E-state index in [4.69, 9.17) is 0 Å². The fourth-order valence-electron chi connectivity index (χ4n) is 3.94. The van der Waals surface area contributed by atoms with Gasteiger partial charge in [0.25, 0.3) is 0 Å². The first-order valence-corrected chi connectivity index (χ1v) is 14.2. The van der Waals surface area contributed by atoms with Crippen molar-refractivity contribution in [3.63, 3.8) is 0 Å². The molecule has 1 aliphatic rings. The van der Waals surface area contributed by atoms with Crippen molar-refractivity contribution in [1.29, 1.82) is 0 Å². The molecule has 32 heavy (non-hydrogen) atoms. The number of rotatable bonds is 10. The Balaban J connectivity index is 1.92. The number of aromatic hydroxyl groups is 2. The predicted molar refractivity (Wildman–Crippen MR) is 143 cm³/mol. The molecule has 0 unspecified atom stereocenters. The lowest BCUT2D eigenvalue weighted by atomic mass is 10.0. The van der Waals surface area contributed by atoms with Gasteiger partial charge in [-0.2, -0.15) is 5.06 Å². The molecule has 3 N–H and O–H groups in total. The second kappa shape index (κ2) is 12.2. The molecule has 0 aromatic heterocycles. The van der Waals surface area contributed by atoms with Crippen molar-refractivity contribution < 1.29 is 15.4 Å². The van der Waals surface area contributed by atoms with Crippen LogP contribution in [0.25, 0.3) is 0 Å². The minimum Gasteiger partial charge on any atom is -0.507 e. The molecule has 3 rings (SSSR count). The second-order valence-electron chi connectivity index (χ2n) is 8.48. The van der Waals surface area contributed by atoms with E-state index in [1.807, 2.05) is 35.7 Å². The maximum Gasteiger partial charge on any atom is 0.128 e. The summed E-state index contributed by atoms with van der Waals surface area (Å²) in [6, 6.07) is 10.1. The van der Waals surface area contributed by atoms with E-state index in [1.54, 1.807) is 6.07 Å². The molecule has 0 radical (unpaired) electrons. The summed E-state index contributed by atoms with van der Waals surface area (Å²) in [7, 11) is 0. The SMILES string of the molecule is CCCCc1cc(SC2(Sc3ccc(O)c(I)c3)CCN(O)CC2)cc(CCCC)c1O. The molecule has 0 amide bonds. The molecule has 1 aliphatic heterocycles. The summed E-state index contributed by atoms with van der Waals surface area (Å²) in [5.41, 5.74) is 2.11. The molecule has 0 atom stereocenters. The van der Waals surface area contributed by atoms with Gasteiger partial charge in [0, 0.05) is 22.9 Å². The van der Waals surface area contributed by atoms with Gasteiger partial charge in [-0.05, 0) is 103 Å². The quantitative estimate of drug-likeness (QED) is 0.198. The number of halogens is 1. The Hall–Kier alpha value is -0.610. The number of hydrogen-bond donors (Lipinski definition) is 3. The number of benzene rings is 2. The van der Waals surface area contributed by atoms with Crippen molar-refractivity contribution in [2.75, 3.05) is 13.1 Å². The third-order valence-electron chi connectivity index (χ3n) is 5.87. The van der Waals surface area contributed by atoms with E-state index >= 15 is 0 Å². The zero-order valence-electron chi connectivity index (χ0n) is 18.9. The molecule has 1 heterocycles. The van der Waals surface area contributed by atoms with Crippen LogP contribution in [0, 0.1) is 3.57 Å². The van der Waals surface area contributed by atoms with Crippen molar-refractivity contribution in [2.24, 2.45) is 0 Å². The third-order valence-corrected chi connectivity index (χ3v) is 9.75. The van der Waals surface area contributed by atoms with Crippen molar-refractivity contribution in [1.82, 2.24) is 5.06 Å². The Labute approximate surface area is 214 Å². The Morgan fingerprint density at radius 2 is 1.47 bits per heavy atom. The van der Waals surface area contributed by atoms with Crippen molar-refractivity contribution >= 4 is 46.1 Å². The number of phenols is 2. The molecule has 7 heteroatoms.